The predicted molar refractivity (Wildman–Crippen MR) is 82.4 cm³/mol. The van der Waals surface area contributed by atoms with Gasteiger partial charge in [0.05, 0.1) is 17.8 Å². The average Bonchev–Trinajstić information content (AvgIpc) is 2.66. The van der Waals surface area contributed by atoms with Crippen molar-refractivity contribution in [1.29, 1.82) is 0 Å². The Kier molecular flexibility index (Phi) is 3.97. The Morgan fingerprint density at radius 2 is 2.00 bits per heavy atom. The van der Waals surface area contributed by atoms with Crippen LogP contribution in [0.4, 0.5) is 11.8 Å². The number of nitrogen functional groups attached to an aromatic ring is 1. The molecule has 2 aliphatic rings. The molecule has 1 saturated heterocycles. The number of anilines is 2. The number of aromatic nitrogens is 2. The minimum absolute atomic E-state index is 0.126. The predicted octanol–water partition coefficient (Wildman–Crippen LogP) is -1.14. The largest absolute Gasteiger partial charge is 0.390 e. The molecule has 0 saturated carbocycles. The van der Waals surface area contributed by atoms with Gasteiger partial charge in [-0.05, 0) is 27.1 Å². The Labute approximate surface area is 125 Å². The molecule has 1 aromatic heterocycles. The highest BCUT2D eigenvalue weighted by Gasteiger charge is 2.35. The van der Waals surface area contributed by atoms with Crippen molar-refractivity contribution in [1.82, 2.24) is 20.2 Å². The van der Waals surface area contributed by atoms with E-state index >= 15 is 0 Å². The van der Waals surface area contributed by atoms with Crippen molar-refractivity contribution in [3.8, 4) is 0 Å². The SMILES string of the molecule is CN(C)[C@@H]1CN(c2nc(N)nc3c2CCNCC3)C[C@H]1O. The lowest BCUT2D eigenvalue weighted by Crippen LogP contribution is -2.38. The van der Waals surface area contributed by atoms with Gasteiger partial charge in [-0.2, -0.15) is 4.98 Å². The highest BCUT2D eigenvalue weighted by Crippen LogP contribution is 2.28. The first-order valence-corrected chi connectivity index (χ1v) is 7.51. The number of hydrogen-bond donors (Lipinski definition) is 3. The number of aliphatic hydroxyl groups is 1. The summed E-state index contributed by atoms with van der Waals surface area (Å²) in [6.45, 7) is 3.22. The number of fused-ring (bicyclic) bond motifs is 1. The average molecular weight is 292 g/mol. The van der Waals surface area contributed by atoms with Crippen LogP contribution >= 0.6 is 0 Å². The van der Waals surface area contributed by atoms with Crippen LogP contribution in [-0.2, 0) is 12.8 Å². The first kappa shape index (κ1) is 14.5. The third kappa shape index (κ3) is 2.81. The maximum Gasteiger partial charge on any atom is 0.222 e. The van der Waals surface area contributed by atoms with Gasteiger partial charge in [0, 0.05) is 31.6 Å². The molecule has 3 rings (SSSR count). The highest BCUT2D eigenvalue weighted by atomic mass is 16.3. The van der Waals surface area contributed by atoms with Crippen molar-refractivity contribution in [3.63, 3.8) is 0 Å². The van der Waals surface area contributed by atoms with E-state index in [1.54, 1.807) is 0 Å². The zero-order valence-corrected chi connectivity index (χ0v) is 12.7. The fourth-order valence-electron chi connectivity index (χ4n) is 3.26. The van der Waals surface area contributed by atoms with E-state index in [4.69, 9.17) is 5.73 Å². The molecule has 0 aliphatic carbocycles. The molecule has 7 heteroatoms. The van der Waals surface area contributed by atoms with Crippen LogP contribution in [-0.4, -0.2) is 72.4 Å². The van der Waals surface area contributed by atoms with Gasteiger partial charge in [0.2, 0.25) is 5.95 Å². The van der Waals surface area contributed by atoms with E-state index in [0.29, 0.717) is 12.5 Å². The number of aliphatic hydroxyl groups excluding tert-OH is 1. The van der Waals surface area contributed by atoms with Crippen LogP contribution in [0.1, 0.15) is 11.3 Å². The molecule has 2 atom stereocenters. The van der Waals surface area contributed by atoms with Crippen LogP contribution in [0.5, 0.6) is 0 Å². The Hall–Kier alpha value is -1.44. The molecule has 0 bridgehead atoms. The van der Waals surface area contributed by atoms with Crippen molar-refractivity contribution >= 4 is 11.8 Å². The Morgan fingerprint density at radius 1 is 1.24 bits per heavy atom. The molecule has 7 nitrogen and oxygen atoms in total. The molecule has 0 spiro atoms. The van der Waals surface area contributed by atoms with E-state index in [2.05, 4.69) is 25.1 Å². The summed E-state index contributed by atoms with van der Waals surface area (Å²) >= 11 is 0. The van der Waals surface area contributed by atoms with Crippen LogP contribution < -0.4 is 16.0 Å². The lowest BCUT2D eigenvalue weighted by molar-refractivity contribution is 0.114. The van der Waals surface area contributed by atoms with Crippen LogP contribution in [0.2, 0.25) is 0 Å². The second-order valence-corrected chi connectivity index (χ2v) is 6.08. The summed E-state index contributed by atoms with van der Waals surface area (Å²) in [6, 6.07) is 0.126. The van der Waals surface area contributed by atoms with Crippen molar-refractivity contribution in [2.24, 2.45) is 0 Å². The minimum Gasteiger partial charge on any atom is -0.390 e. The fourth-order valence-corrected chi connectivity index (χ4v) is 3.26. The molecule has 1 aromatic rings. The molecule has 1 fully saturated rings. The standard InChI is InChI=1S/C14H24N6O/c1-19(2)11-7-20(8-12(11)21)13-9-3-5-16-6-4-10(9)17-14(15)18-13/h11-12,16,21H,3-8H2,1-2H3,(H2,15,17,18)/t11-,12-/m1/s1. The molecule has 0 amide bonds. The van der Waals surface area contributed by atoms with Crippen molar-refractivity contribution < 1.29 is 5.11 Å². The molecule has 0 radical (unpaired) electrons. The minimum atomic E-state index is -0.365. The van der Waals surface area contributed by atoms with Gasteiger partial charge in [-0.25, -0.2) is 4.98 Å². The lowest BCUT2D eigenvalue weighted by atomic mass is 10.1. The summed E-state index contributed by atoms with van der Waals surface area (Å²) in [5.41, 5.74) is 8.12. The first-order valence-electron chi connectivity index (χ1n) is 7.51. The Balaban J connectivity index is 1.94. The van der Waals surface area contributed by atoms with Crippen LogP contribution in [0.3, 0.4) is 0 Å². The summed E-state index contributed by atoms with van der Waals surface area (Å²) in [6.07, 6.45) is 1.42. The quantitative estimate of drug-likeness (QED) is 0.634. The van der Waals surface area contributed by atoms with Crippen molar-refractivity contribution in [3.05, 3.63) is 11.3 Å². The fraction of sp³-hybridized carbons (Fsp3) is 0.714. The van der Waals surface area contributed by atoms with Gasteiger partial charge in [0.1, 0.15) is 5.82 Å². The Bertz CT molecular complexity index is 520. The monoisotopic (exact) mass is 292 g/mol. The number of β-amino-alcohol motifs (C(OH)–C–C–N with tert-alkyl or cyclic N) is 1. The maximum atomic E-state index is 10.2. The molecule has 0 unspecified atom stereocenters. The summed E-state index contributed by atoms with van der Waals surface area (Å²) in [4.78, 5) is 13.1. The summed E-state index contributed by atoms with van der Waals surface area (Å²) in [7, 11) is 3.99. The highest BCUT2D eigenvalue weighted by molar-refractivity contribution is 5.54. The number of nitrogens with two attached hydrogens (primary N) is 1. The molecule has 3 heterocycles. The van der Waals surface area contributed by atoms with Gasteiger partial charge >= 0.3 is 0 Å². The molecular formula is C14H24N6O. The van der Waals surface area contributed by atoms with Gasteiger partial charge in [-0.15, -0.1) is 0 Å². The van der Waals surface area contributed by atoms with E-state index in [1.807, 2.05) is 14.1 Å². The number of hydrogen-bond acceptors (Lipinski definition) is 7. The van der Waals surface area contributed by atoms with Crippen molar-refractivity contribution in [2.75, 3.05) is 50.9 Å². The molecular weight excluding hydrogens is 268 g/mol. The van der Waals surface area contributed by atoms with Gasteiger partial charge in [0.15, 0.2) is 0 Å². The molecule has 116 valence electrons. The first-order chi connectivity index (χ1) is 10.1. The topological polar surface area (TPSA) is 90.5 Å². The van der Waals surface area contributed by atoms with Gasteiger partial charge in [0.25, 0.3) is 0 Å². The van der Waals surface area contributed by atoms with E-state index in [-0.39, 0.29) is 12.1 Å². The van der Waals surface area contributed by atoms with Crippen molar-refractivity contribution in [2.45, 2.75) is 25.0 Å². The number of nitrogens with one attached hydrogen (secondary N) is 1. The third-order valence-electron chi connectivity index (χ3n) is 4.40. The Morgan fingerprint density at radius 3 is 2.71 bits per heavy atom. The van der Waals surface area contributed by atoms with Crippen LogP contribution in [0, 0.1) is 0 Å². The van der Waals surface area contributed by atoms with E-state index in [1.165, 1.54) is 5.56 Å². The maximum absolute atomic E-state index is 10.2. The zero-order chi connectivity index (χ0) is 15.0. The number of likely N-dealkylation sites (N-methyl/N-ethyl adjacent to an activating group) is 1. The second-order valence-electron chi connectivity index (χ2n) is 6.08. The zero-order valence-electron chi connectivity index (χ0n) is 12.7. The molecule has 21 heavy (non-hydrogen) atoms. The van der Waals surface area contributed by atoms with E-state index < -0.39 is 0 Å². The third-order valence-corrected chi connectivity index (χ3v) is 4.40. The second kappa shape index (κ2) is 5.75. The summed E-state index contributed by atoms with van der Waals surface area (Å²) in [5.74, 6) is 1.23. The summed E-state index contributed by atoms with van der Waals surface area (Å²) < 4.78 is 0. The number of rotatable bonds is 2. The normalized spacial score (nSPS) is 26.0. The van der Waals surface area contributed by atoms with E-state index in [0.717, 1.165) is 44.0 Å². The van der Waals surface area contributed by atoms with Gasteiger partial charge in [-0.3, -0.25) is 0 Å². The molecule has 0 aromatic carbocycles. The smallest absolute Gasteiger partial charge is 0.222 e. The lowest BCUT2D eigenvalue weighted by Gasteiger charge is -2.23. The molecule has 2 aliphatic heterocycles. The van der Waals surface area contributed by atoms with Gasteiger partial charge < -0.3 is 26.0 Å². The van der Waals surface area contributed by atoms with E-state index in [9.17, 15) is 5.11 Å². The molecule has 4 N–H and O–H groups in total. The number of nitrogens with zero attached hydrogens (tertiary/aromatic N) is 4. The summed E-state index contributed by atoms with van der Waals surface area (Å²) in [5, 5.41) is 13.6. The van der Waals surface area contributed by atoms with Crippen LogP contribution in [0.15, 0.2) is 0 Å². The van der Waals surface area contributed by atoms with Crippen LogP contribution in [0.25, 0.3) is 0 Å². The van der Waals surface area contributed by atoms with Gasteiger partial charge in [-0.1, -0.05) is 0 Å².